The number of H-pyrrole nitrogens is 1. The zero-order valence-corrected chi connectivity index (χ0v) is 8.21. The van der Waals surface area contributed by atoms with Crippen LogP contribution in [0.3, 0.4) is 0 Å². The summed E-state index contributed by atoms with van der Waals surface area (Å²) in [5.74, 6) is 1.55. The molecule has 0 aliphatic heterocycles. The zero-order chi connectivity index (χ0) is 9.97. The summed E-state index contributed by atoms with van der Waals surface area (Å²) in [6.07, 6.45) is 1.01. The lowest BCUT2D eigenvalue weighted by Gasteiger charge is -2.02. The van der Waals surface area contributed by atoms with Gasteiger partial charge in [0.1, 0.15) is 11.6 Å². The second-order valence-electron chi connectivity index (χ2n) is 3.21. The van der Waals surface area contributed by atoms with Gasteiger partial charge >= 0.3 is 0 Å². The van der Waals surface area contributed by atoms with Gasteiger partial charge in [-0.1, -0.05) is 6.92 Å². The third-order valence-corrected chi connectivity index (χ3v) is 1.98. The highest BCUT2D eigenvalue weighted by atomic mass is 16.5. The van der Waals surface area contributed by atoms with Crippen molar-refractivity contribution >= 4 is 11.0 Å². The molecule has 14 heavy (non-hydrogen) atoms. The summed E-state index contributed by atoms with van der Waals surface area (Å²) in [4.78, 5) is 7.30. The van der Waals surface area contributed by atoms with Crippen molar-refractivity contribution in [2.45, 2.75) is 13.3 Å². The highest BCUT2D eigenvalue weighted by molar-refractivity contribution is 5.76. The average Bonchev–Trinajstić information content (AvgIpc) is 2.54. The van der Waals surface area contributed by atoms with E-state index in [2.05, 4.69) is 23.8 Å². The summed E-state index contributed by atoms with van der Waals surface area (Å²) in [5.41, 5.74) is 1.91. The monoisotopic (exact) mass is 189 g/mol. The molecule has 73 valence electrons. The van der Waals surface area contributed by atoms with E-state index in [-0.39, 0.29) is 0 Å². The fourth-order valence-electron chi connectivity index (χ4n) is 1.35. The van der Waals surface area contributed by atoms with Crippen molar-refractivity contribution in [3.05, 3.63) is 30.9 Å². The van der Waals surface area contributed by atoms with Gasteiger partial charge in [0.2, 0.25) is 0 Å². The van der Waals surface area contributed by atoms with Gasteiger partial charge in [0.15, 0.2) is 0 Å². The maximum atomic E-state index is 5.50. The Bertz CT molecular complexity index is 434. The van der Waals surface area contributed by atoms with Crippen LogP contribution in [0.25, 0.3) is 11.0 Å². The molecule has 3 heteroatoms. The lowest BCUT2D eigenvalue weighted by atomic mass is 10.3. The Labute approximate surface area is 83.1 Å². The number of imidazole rings is 1. The molecule has 0 unspecified atom stereocenters. The van der Waals surface area contributed by atoms with E-state index in [0.29, 0.717) is 5.82 Å². The van der Waals surface area contributed by atoms with Crippen molar-refractivity contribution in [1.29, 1.82) is 0 Å². The van der Waals surface area contributed by atoms with Gasteiger partial charge in [-0.15, -0.1) is 0 Å². The van der Waals surface area contributed by atoms with Crippen molar-refractivity contribution in [2.24, 2.45) is 0 Å². The molecule has 1 aromatic heterocycles. The van der Waals surface area contributed by atoms with Crippen LogP contribution in [0.5, 0.6) is 5.75 Å². The number of aromatic nitrogens is 2. The van der Waals surface area contributed by atoms with E-state index in [4.69, 9.17) is 4.74 Å². The van der Waals surface area contributed by atoms with Gasteiger partial charge in [0.25, 0.3) is 0 Å². The molecule has 1 N–H and O–H groups in total. The van der Waals surface area contributed by atoms with Crippen molar-refractivity contribution in [3.63, 3.8) is 0 Å². The molecule has 1 aromatic carbocycles. The third-order valence-electron chi connectivity index (χ3n) is 1.98. The summed E-state index contributed by atoms with van der Waals surface area (Å²) >= 11 is 0. The minimum Gasteiger partial charge on any atom is -0.494 e. The molecule has 0 amide bonds. The van der Waals surface area contributed by atoms with Crippen LogP contribution in [0.4, 0.5) is 0 Å². The van der Waals surface area contributed by atoms with E-state index < -0.39 is 0 Å². The standard InChI is InChI=1S/C11H13N2O/c1-3-6-14-9-4-5-10-11(7-9)13-8(2)12-10/h4-5,7H,2-3,6H2,1H3,(H,12,13). The molecule has 1 radical (unpaired) electrons. The molecule has 0 aliphatic carbocycles. The lowest BCUT2D eigenvalue weighted by molar-refractivity contribution is 0.318. The van der Waals surface area contributed by atoms with Gasteiger partial charge in [-0.2, -0.15) is 0 Å². The Morgan fingerprint density at radius 1 is 1.50 bits per heavy atom. The number of aromatic amines is 1. The first-order chi connectivity index (χ1) is 6.79. The Morgan fingerprint density at radius 2 is 2.36 bits per heavy atom. The molecule has 0 saturated carbocycles. The van der Waals surface area contributed by atoms with Crippen molar-refractivity contribution < 1.29 is 4.74 Å². The highest BCUT2D eigenvalue weighted by Gasteiger charge is 2.00. The van der Waals surface area contributed by atoms with Crippen LogP contribution >= 0.6 is 0 Å². The van der Waals surface area contributed by atoms with Crippen LogP contribution in [-0.2, 0) is 0 Å². The number of fused-ring (bicyclic) bond motifs is 1. The molecule has 0 saturated heterocycles. The second kappa shape index (κ2) is 3.70. The fourth-order valence-corrected chi connectivity index (χ4v) is 1.35. The van der Waals surface area contributed by atoms with Crippen LogP contribution in [0.2, 0.25) is 0 Å². The Kier molecular flexibility index (Phi) is 2.39. The maximum absolute atomic E-state index is 5.50. The summed E-state index contributed by atoms with van der Waals surface area (Å²) in [7, 11) is 0. The molecule has 0 bridgehead atoms. The molecular weight excluding hydrogens is 176 g/mol. The Hall–Kier alpha value is -1.51. The normalized spacial score (nSPS) is 10.7. The predicted molar refractivity (Wildman–Crippen MR) is 56.3 cm³/mol. The van der Waals surface area contributed by atoms with Crippen molar-refractivity contribution in [2.75, 3.05) is 6.61 Å². The SMILES string of the molecule is [CH2]c1nc2cc(OCCC)ccc2[nH]1. The van der Waals surface area contributed by atoms with E-state index in [1.807, 2.05) is 18.2 Å². The number of benzene rings is 1. The van der Waals surface area contributed by atoms with Crippen LogP contribution in [-0.4, -0.2) is 16.6 Å². The number of hydrogen-bond donors (Lipinski definition) is 1. The maximum Gasteiger partial charge on any atom is 0.121 e. The molecular formula is C11H13N2O. The number of rotatable bonds is 3. The minimum absolute atomic E-state index is 0.688. The van der Waals surface area contributed by atoms with E-state index in [1.54, 1.807) is 0 Å². The largest absolute Gasteiger partial charge is 0.494 e. The van der Waals surface area contributed by atoms with Gasteiger partial charge < -0.3 is 9.72 Å². The van der Waals surface area contributed by atoms with E-state index in [1.165, 1.54) is 0 Å². The molecule has 3 nitrogen and oxygen atoms in total. The summed E-state index contributed by atoms with van der Waals surface area (Å²) < 4.78 is 5.50. The van der Waals surface area contributed by atoms with E-state index in [9.17, 15) is 0 Å². The van der Waals surface area contributed by atoms with Crippen LogP contribution in [0.15, 0.2) is 18.2 Å². The Balaban J connectivity index is 2.31. The number of hydrogen-bond acceptors (Lipinski definition) is 2. The van der Waals surface area contributed by atoms with Gasteiger partial charge in [-0.25, -0.2) is 4.98 Å². The van der Waals surface area contributed by atoms with Crippen molar-refractivity contribution in [3.8, 4) is 5.75 Å². The molecule has 2 aromatic rings. The first-order valence-electron chi connectivity index (χ1n) is 4.74. The minimum atomic E-state index is 0.688. The molecule has 1 heterocycles. The molecule has 0 aliphatic rings. The zero-order valence-electron chi connectivity index (χ0n) is 8.21. The van der Waals surface area contributed by atoms with Gasteiger partial charge in [0, 0.05) is 13.0 Å². The van der Waals surface area contributed by atoms with Crippen LogP contribution in [0.1, 0.15) is 19.2 Å². The Morgan fingerprint density at radius 3 is 3.14 bits per heavy atom. The fraction of sp³-hybridized carbons (Fsp3) is 0.273. The van der Waals surface area contributed by atoms with Crippen LogP contribution < -0.4 is 4.74 Å². The van der Waals surface area contributed by atoms with Gasteiger partial charge in [0.05, 0.1) is 17.6 Å². The lowest BCUT2D eigenvalue weighted by Crippen LogP contribution is -1.94. The predicted octanol–water partition coefficient (Wildman–Crippen LogP) is 2.53. The van der Waals surface area contributed by atoms with E-state index >= 15 is 0 Å². The number of nitrogens with one attached hydrogen (secondary N) is 1. The van der Waals surface area contributed by atoms with Crippen molar-refractivity contribution in [1.82, 2.24) is 9.97 Å². The molecule has 0 fully saturated rings. The first-order valence-corrected chi connectivity index (χ1v) is 4.74. The summed E-state index contributed by atoms with van der Waals surface area (Å²) in [6, 6.07) is 5.83. The molecule has 0 spiro atoms. The second-order valence-corrected chi connectivity index (χ2v) is 3.21. The quantitative estimate of drug-likeness (QED) is 0.805. The summed E-state index contributed by atoms with van der Waals surface area (Å²) in [5, 5.41) is 0. The van der Waals surface area contributed by atoms with Gasteiger partial charge in [-0.05, 0) is 18.6 Å². The molecule has 0 atom stereocenters. The average molecular weight is 189 g/mol. The smallest absolute Gasteiger partial charge is 0.121 e. The summed E-state index contributed by atoms with van der Waals surface area (Å²) in [6.45, 7) is 6.57. The van der Waals surface area contributed by atoms with Crippen LogP contribution in [0, 0.1) is 6.92 Å². The third kappa shape index (κ3) is 1.71. The van der Waals surface area contributed by atoms with Gasteiger partial charge in [-0.3, -0.25) is 0 Å². The number of ether oxygens (including phenoxy) is 1. The number of nitrogens with zero attached hydrogens (tertiary/aromatic N) is 1. The first kappa shape index (κ1) is 9.06. The molecule has 2 rings (SSSR count). The topological polar surface area (TPSA) is 37.9 Å². The highest BCUT2D eigenvalue weighted by Crippen LogP contribution is 2.18. The van der Waals surface area contributed by atoms with E-state index in [0.717, 1.165) is 29.8 Å².